The Labute approximate surface area is 84.7 Å². The quantitative estimate of drug-likeness (QED) is 0.622. The molecule has 0 aromatic heterocycles. The zero-order valence-electron chi connectivity index (χ0n) is 7.56. The van der Waals surface area contributed by atoms with E-state index in [2.05, 4.69) is 0 Å². The maximum atomic E-state index is 11.8. The van der Waals surface area contributed by atoms with Gasteiger partial charge in [0.2, 0.25) is 0 Å². The molecule has 1 N–H and O–H groups in total. The standard InChI is InChI=1S/C9H10F3NS/c1-14-8-4-2-7(3-5-8)6-13-9(10,11)12/h2-5,13H,6H2,1H3. The van der Waals surface area contributed by atoms with Gasteiger partial charge in [-0.25, -0.2) is 5.32 Å². The molecule has 1 aromatic carbocycles. The van der Waals surface area contributed by atoms with Gasteiger partial charge in [0.05, 0.1) is 0 Å². The Balaban J connectivity index is 2.52. The lowest BCUT2D eigenvalue weighted by molar-refractivity contribution is -0.158. The number of hydrogen-bond donors (Lipinski definition) is 1. The van der Waals surface area contributed by atoms with E-state index in [0.29, 0.717) is 5.56 Å². The summed E-state index contributed by atoms with van der Waals surface area (Å²) in [6, 6.07) is 6.98. The summed E-state index contributed by atoms with van der Waals surface area (Å²) in [7, 11) is 0. The van der Waals surface area contributed by atoms with Crippen LogP contribution in [0.2, 0.25) is 0 Å². The van der Waals surface area contributed by atoms with Crippen molar-refractivity contribution in [1.29, 1.82) is 0 Å². The molecule has 78 valence electrons. The molecule has 14 heavy (non-hydrogen) atoms. The molecular formula is C9H10F3NS. The van der Waals surface area contributed by atoms with Crippen LogP contribution in [0.15, 0.2) is 29.2 Å². The number of nitrogens with one attached hydrogen (secondary N) is 1. The van der Waals surface area contributed by atoms with Gasteiger partial charge >= 0.3 is 6.30 Å². The minimum absolute atomic E-state index is 0.182. The molecule has 1 rings (SSSR count). The van der Waals surface area contributed by atoms with Gasteiger partial charge < -0.3 is 0 Å². The van der Waals surface area contributed by atoms with Crippen molar-refractivity contribution < 1.29 is 13.2 Å². The first-order valence-corrected chi connectivity index (χ1v) is 5.18. The van der Waals surface area contributed by atoms with Gasteiger partial charge in [0.25, 0.3) is 0 Å². The first-order chi connectivity index (χ1) is 6.51. The Kier molecular flexibility index (Phi) is 3.83. The molecular weight excluding hydrogens is 211 g/mol. The lowest BCUT2D eigenvalue weighted by Gasteiger charge is -2.08. The van der Waals surface area contributed by atoms with Gasteiger partial charge in [-0.2, -0.15) is 13.2 Å². The molecule has 0 aliphatic heterocycles. The number of thioether (sulfide) groups is 1. The highest BCUT2D eigenvalue weighted by Crippen LogP contribution is 2.16. The molecule has 5 heteroatoms. The van der Waals surface area contributed by atoms with Crippen molar-refractivity contribution in [1.82, 2.24) is 5.32 Å². The zero-order valence-corrected chi connectivity index (χ0v) is 8.38. The summed E-state index contributed by atoms with van der Waals surface area (Å²) >= 11 is 1.56. The van der Waals surface area contributed by atoms with Gasteiger partial charge in [-0.3, -0.25) is 0 Å². The topological polar surface area (TPSA) is 12.0 Å². The van der Waals surface area contributed by atoms with Crippen LogP contribution in [0.5, 0.6) is 0 Å². The summed E-state index contributed by atoms with van der Waals surface area (Å²) in [4.78, 5) is 1.04. The lowest BCUT2D eigenvalue weighted by atomic mass is 10.2. The summed E-state index contributed by atoms with van der Waals surface area (Å²) in [5.74, 6) is 0. The Bertz CT molecular complexity index is 281. The van der Waals surface area contributed by atoms with E-state index in [1.807, 2.05) is 6.26 Å². The third-order valence-electron chi connectivity index (χ3n) is 1.65. The smallest absolute Gasteiger partial charge is 0.224 e. The average Bonchev–Trinajstić information content (AvgIpc) is 2.14. The number of hydrogen-bond acceptors (Lipinski definition) is 2. The SMILES string of the molecule is CSc1ccc(CNC(F)(F)F)cc1. The molecule has 0 radical (unpaired) electrons. The van der Waals surface area contributed by atoms with E-state index in [1.54, 1.807) is 36.0 Å². The number of halogens is 3. The van der Waals surface area contributed by atoms with E-state index in [0.717, 1.165) is 4.90 Å². The van der Waals surface area contributed by atoms with E-state index < -0.39 is 6.30 Å². The normalized spacial score (nSPS) is 11.7. The average molecular weight is 221 g/mol. The van der Waals surface area contributed by atoms with Crippen molar-refractivity contribution in [3.05, 3.63) is 29.8 Å². The van der Waals surface area contributed by atoms with Gasteiger partial charge in [-0.15, -0.1) is 11.8 Å². The van der Waals surface area contributed by atoms with Gasteiger partial charge in [0, 0.05) is 11.4 Å². The zero-order chi connectivity index (χ0) is 10.6. The Morgan fingerprint density at radius 3 is 2.21 bits per heavy atom. The second-order valence-electron chi connectivity index (χ2n) is 2.70. The second-order valence-corrected chi connectivity index (χ2v) is 3.58. The third kappa shape index (κ3) is 4.02. The maximum absolute atomic E-state index is 11.8. The fraction of sp³-hybridized carbons (Fsp3) is 0.333. The molecule has 0 aliphatic rings. The van der Waals surface area contributed by atoms with Crippen LogP contribution in [0.1, 0.15) is 5.56 Å². The van der Waals surface area contributed by atoms with Crippen LogP contribution in [0.3, 0.4) is 0 Å². The van der Waals surface area contributed by atoms with Gasteiger partial charge in [0.1, 0.15) is 0 Å². The fourth-order valence-electron chi connectivity index (χ4n) is 0.946. The van der Waals surface area contributed by atoms with Crippen LogP contribution >= 0.6 is 11.8 Å². The number of alkyl halides is 3. The Morgan fingerprint density at radius 1 is 1.21 bits per heavy atom. The Morgan fingerprint density at radius 2 is 1.79 bits per heavy atom. The summed E-state index contributed by atoms with van der Waals surface area (Å²) in [5.41, 5.74) is 0.625. The predicted octanol–water partition coefficient (Wildman–Crippen LogP) is 3.02. The largest absolute Gasteiger partial charge is 0.457 e. The van der Waals surface area contributed by atoms with Crippen molar-refractivity contribution in [2.24, 2.45) is 0 Å². The first kappa shape index (κ1) is 11.4. The Hall–Kier alpha value is -0.680. The van der Waals surface area contributed by atoms with Crippen LogP contribution in [-0.4, -0.2) is 12.6 Å². The van der Waals surface area contributed by atoms with Crippen LogP contribution in [0.25, 0.3) is 0 Å². The van der Waals surface area contributed by atoms with Crippen molar-refractivity contribution in [2.45, 2.75) is 17.7 Å². The third-order valence-corrected chi connectivity index (χ3v) is 2.40. The summed E-state index contributed by atoms with van der Waals surface area (Å²) < 4.78 is 35.3. The molecule has 0 bridgehead atoms. The molecule has 0 unspecified atom stereocenters. The van der Waals surface area contributed by atoms with Gasteiger partial charge in [0.15, 0.2) is 0 Å². The molecule has 1 aromatic rings. The van der Waals surface area contributed by atoms with Gasteiger partial charge in [-0.1, -0.05) is 12.1 Å². The minimum atomic E-state index is -4.31. The minimum Gasteiger partial charge on any atom is -0.224 e. The highest BCUT2D eigenvalue weighted by Gasteiger charge is 2.25. The summed E-state index contributed by atoms with van der Waals surface area (Å²) in [6.45, 7) is -0.182. The molecule has 0 aliphatic carbocycles. The fourth-order valence-corrected chi connectivity index (χ4v) is 1.35. The van der Waals surface area contributed by atoms with E-state index in [9.17, 15) is 13.2 Å². The number of rotatable bonds is 3. The maximum Gasteiger partial charge on any atom is 0.457 e. The highest BCUT2D eigenvalue weighted by atomic mass is 32.2. The molecule has 0 spiro atoms. The van der Waals surface area contributed by atoms with Crippen LogP contribution in [0.4, 0.5) is 13.2 Å². The molecule has 0 saturated heterocycles. The van der Waals surface area contributed by atoms with Crippen molar-refractivity contribution >= 4 is 11.8 Å². The summed E-state index contributed by atoms with van der Waals surface area (Å²) in [5, 5.41) is 1.47. The van der Waals surface area contributed by atoms with Crippen molar-refractivity contribution in [2.75, 3.05) is 6.26 Å². The molecule has 0 amide bonds. The highest BCUT2D eigenvalue weighted by molar-refractivity contribution is 7.98. The number of benzene rings is 1. The van der Waals surface area contributed by atoms with Crippen LogP contribution in [0, 0.1) is 0 Å². The molecule has 0 saturated carbocycles. The van der Waals surface area contributed by atoms with E-state index in [4.69, 9.17) is 0 Å². The molecule has 0 heterocycles. The van der Waals surface area contributed by atoms with E-state index in [-0.39, 0.29) is 6.54 Å². The van der Waals surface area contributed by atoms with Crippen LogP contribution < -0.4 is 5.32 Å². The van der Waals surface area contributed by atoms with E-state index >= 15 is 0 Å². The van der Waals surface area contributed by atoms with Gasteiger partial charge in [-0.05, 0) is 24.0 Å². The molecule has 0 atom stereocenters. The summed E-state index contributed by atoms with van der Waals surface area (Å²) in [6.07, 6.45) is -2.39. The molecule has 1 nitrogen and oxygen atoms in total. The predicted molar refractivity (Wildman–Crippen MR) is 51.1 cm³/mol. The monoisotopic (exact) mass is 221 g/mol. The molecule has 0 fully saturated rings. The first-order valence-electron chi connectivity index (χ1n) is 3.96. The van der Waals surface area contributed by atoms with Crippen LogP contribution in [-0.2, 0) is 6.54 Å². The lowest BCUT2D eigenvalue weighted by Crippen LogP contribution is -2.30. The second kappa shape index (κ2) is 4.70. The van der Waals surface area contributed by atoms with E-state index in [1.165, 1.54) is 5.32 Å². The van der Waals surface area contributed by atoms with Crippen molar-refractivity contribution in [3.63, 3.8) is 0 Å². The van der Waals surface area contributed by atoms with Crippen molar-refractivity contribution in [3.8, 4) is 0 Å².